The molecule has 6 nitrogen and oxygen atoms in total. The fraction of sp³-hybridized carbons (Fsp3) is 0.182. The Morgan fingerprint density at radius 3 is 2.94 bits per heavy atom. The fourth-order valence-electron chi connectivity index (χ4n) is 1.58. The lowest BCUT2D eigenvalue weighted by Crippen LogP contribution is -2.11. The van der Waals surface area contributed by atoms with E-state index in [4.69, 9.17) is 11.6 Å². The zero-order valence-electron chi connectivity index (χ0n) is 9.41. The quantitative estimate of drug-likeness (QED) is 0.667. The van der Waals surface area contributed by atoms with Gasteiger partial charge in [0.1, 0.15) is 10.7 Å². The molecule has 18 heavy (non-hydrogen) atoms. The van der Waals surface area contributed by atoms with Crippen LogP contribution in [0.3, 0.4) is 0 Å². The molecule has 2 rings (SSSR count). The molecule has 0 aliphatic heterocycles. The van der Waals surface area contributed by atoms with E-state index in [1.165, 1.54) is 6.07 Å². The summed E-state index contributed by atoms with van der Waals surface area (Å²) in [7, 11) is 0. The van der Waals surface area contributed by atoms with Gasteiger partial charge in [-0.3, -0.25) is 14.8 Å². The predicted molar refractivity (Wildman–Crippen MR) is 68.8 cm³/mol. The number of rotatable bonds is 5. The zero-order chi connectivity index (χ0) is 13.0. The van der Waals surface area contributed by atoms with Gasteiger partial charge in [0.15, 0.2) is 0 Å². The van der Waals surface area contributed by atoms with Gasteiger partial charge in [0.05, 0.1) is 11.5 Å². The van der Waals surface area contributed by atoms with Gasteiger partial charge in [-0.15, -0.1) is 0 Å². The molecule has 0 aliphatic rings. The molecule has 1 aromatic heterocycles. The third-order valence-electron chi connectivity index (χ3n) is 2.38. The number of nitrogens with one attached hydrogen (secondary N) is 1. The Morgan fingerprint density at radius 2 is 2.28 bits per heavy atom. The minimum Gasteiger partial charge on any atom is -0.378 e. The maximum absolute atomic E-state index is 10.9. The van der Waals surface area contributed by atoms with E-state index >= 15 is 0 Å². The Hall–Kier alpha value is -2.08. The molecule has 1 aromatic carbocycles. The van der Waals surface area contributed by atoms with E-state index < -0.39 is 4.92 Å². The highest BCUT2D eigenvalue weighted by molar-refractivity contribution is 6.33. The van der Waals surface area contributed by atoms with Crippen molar-refractivity contribution < 1.29 is 4.92 Å². The van der Waals surface area contributed by atoms with Crippen molar-refractivity contribution in [3.63, 3.8) is 0 Å². The van der Waals surface area contributed by atoms with Gasteiger partial charge < -0.3 is 5.32 Å². The van der Waals surface area contributed by atoms with E-state index in [1.54, 1.807) is 23.0 Å². The van der Waals surface area contributed by atoms with Crippen molar-refractivity contribution in [1.29, 1.82) is 0 Å². The molecule has 7 heteroatoms. The summed E-state index contributed by atoms with van der Waals surface area (Å²) in [5.41, 5.74) is 0.319. The number of para-hydroxylation sites is 1. The summed E-state index contributed by atoms with van der Waals surface area (Å²) >= 11 is 5.80. The van der Waals surface area contributed by atoms with Crippen LogP contribution in [0.2, 0.25) is 5.02 Å². The summed E-state index contributed by atoms with van der Waals surface area (Å²) in [4.78, 5) is 10.4. The standard InChI is InChI=1S/C11H11ClN4O2/c12-9-3-1-4-10(11(9)16(17)18)13-6-8-15-7-2-5-14-15/h1-5,7,13H,6,8H2. The van der Waals surface area contributed by atoms with Crippen LogP contribution in [0.5, 0.6) is 0 Å². The maximum atomic E-state index is 10.9. The van der Waals surface area contributed by atoms with Gasteiger partial charge in [0.25, 0.3) is 0 Å². The Morgan fingerprint density at radius 1 is 1.44 bits per heavy atom. The lowest BCUT2D eigenvalue weighted by molar-refractivity contribution is -0.383. The van der Waals surface area contributed by atoms with Crippen LogP contribution in [0.4, 0.5) is 11.4 Å². The van der Waals surface area contributed by atoms with Crippen LogP contribution in [-0.4, -0.2) is 21.2 Å². The topological polar surface area (TPSA) is 73.0 Å². The summed E-state index contributed by atoms with van der Waals surface area (Å²) in [6.07, 6.45) is 3.51. The van der Waals surface area contributed by atoms with Gasteiger partial charge in [0, 0.05) is 18.9 Å². The van der Waals surface area contributed by atoms with Crippen molar-refractivity contribution in [2.24, 2.45) is 0 Å². The molecular weight excluding hydrogens is 256 g/mol. The van der Waals surface area contributed by atoms with Gasteiger partial charge >= 0.3 is 5.69 Å². The second kappa shape index (κ2) is 5.50. The molecule has 0 unspecified atom stereocenters. The molecule has 0 saturated carbocycles. The molecule has 0 spiro atoms. The molecule has 1 N–H and O–H groups in total. The van der Waals surface area contributed by atoms with Crippen LogP contribution in [0.25, 0.3) is 0 Å². The summed E-state index contributed by atoms with van der Waals surface area (Å²) in [5, 5.41) is 18.1. The second-order valence-corrected chi connectivity index (χ2v) is 4.00. The maximum Gasteiger partial charge on any atom is 0.310 e. The first-order valence-corrected chi connectivity index (χ1v) is 5.70. The zero-order valence-corrected chi connectivity index (χ0v) is 10.2. The van der Waals surface area contributed by atoms with Crippen LogP contribution in [0.1, 0.15) is 0 Å². The SMILES string of the molecule is O=[N+]([O-])c1c(Cl)cccc1NCCn1cccn1. The highest BCUT2D eigenvalue weighted by Crippen LogP contribution is 2.31. The van der Waals surface area contributed by atoms with Crippen molar-refractivity contribution in [3.05, 3.63) is 51.8 Å². The molecule has 94 valence electrons. The monoisotopic (exact) mass is 266 g/mol. The van der Waals surface area contributed by atoms with Gasteiger partial charge in [-0.25, -0.2) is 0 Å². The average Bonchev–Trinajstić information content (AvgIpc) is 2.81. The summed E-state index contributed by atoms with van der Waals surface area (Å²) in [5.74, 6) is 0. The van der Waals surface area contributed by atoms with Crippen LogP contribution < -0.4 is 5.32 Å². The fourth-order valence-corrected chi connectivity index (χ4v) is 1.82. The Labute approximate surface area is 108 Å². The largest absolute Gasteiger partial charge is 0.378 e. The molecule has 0 saturated heterocycles. The first kappa shape index (κ1) is 12.4. The molecule has 0 bridgehead atoms. The Bertz CT molecular complexity index is 542. The lowest BCUT2D eigenvalue weighted by atomic mass is 10.2. The molecule has 2 aromatic rings. The highest BCUT2D eigenvalue weighted by atomic mass is 35.5. The summed E-state index contributed by atoms with van der Waals surface area (Å²) in [6, 6.07) is 6.62. The summed E-state index contributed by atoms with van der Waals surface area (Å²) < 4.78 is 1.74. The number of halogens is 1. The minimum atomic E-state index is -0.488. The van der Waals surface area contributed by atoms with E-state index in [0.29, 0.717) is 18.8 Å². The highest BCUT2D eigenvalue weighted by Gasteiger charge is 2.17. The number of nitro groups is 1. The van der Waals surface area contributed by atoms with E-state index in [0.717, 1.165) is 0 Å². The molecular formula is C11H11ClN4O2. The van der Waals surface area contributed by atoms with Crippen LogP contribution >= 0.6 is 11.6 Å². The molecule has 1 heterocycles. The number of hydrogen-bond donors (Lipinski definition) is 1. The van der Waals surface area contributed by atoms with E-state index in [1.807, 2.05) is 12.3 Å². The van der Waals surface area contributed by atoms with Gasteiger partial charge in [-0.05, 0) is 18.2 Å². The van der Waals surface area contributed by atoms with Crippen molar-refractivity contribution in [3.8, 4) is 0 Å². The number of nitro benzene ring substituents is 1. The lowest BCUT2D eigenvalue weighted by Gasteiger charge is -2.07. The predicted octanol–water partition coefficient (Wildman–Crippen LogP) is 2.56. The Kier molecular flexibility index (Phi) is 3.78. The summed E-state index contributed by atoms with van der Waals surface area (Å²) in [6.45, 7) is 1.15. The first-order valence-electron chi connectivity index (χ1n) is 5.32. The van der Waals surface area contributed by atoms with Crippen LogP contribution in [0, 0.1) is 10.1 Å². The van der Waals surface area contributed by atoms with Crippen molar-refractivity contribution in [2.75, 3.05) is 11.9 Å². The van der Waals surface area contributed by atoms with Gasteiger partial charge in [-0.1, -0.05) is 17.7 Å². The molecule has 0 radical (unpaired) electrons. The molecule has 0 fully saturated rings. The molecule has 0 aliphatic carbocycles. The van der Waals surface area contributed by atoms with Crippen molar-refractivity contribution in [2.45, 2.75) is 6.54 Å². The average molecular weight is 267 g/mol. The number of benzene rings is 1. The number of hydrogen-bond acceptors (Lipinski definition) is 4. The number of aromatic nitrogens is 2. The third-order valence-corrected chi connectivity index (χ3v) is 2.69. The number of anilines is 1. The van der Waals surface area contributed by atoms with Gasteiger partial charge in [-0.2, -0.15) is 5.10 Å². The van der Waals surface area contributed by atoms with Crippen molar-refractivity contribution in [1.82, 2.24) is 9.78 Å². The first-order chi connectivity index (χ1) is 8.68. The Balaban J connectivity index is 2.05. The second-order valence-electron chi connectivity index (χ2n) is 3.59. The van der Waals surface area contributed by atoms with Crippen LogP contribution in [-0.2, 0) is 6.54 Å². The van der Waals surface area contributed by atoms with E-state index in [-0.39, 0.29) is 10.7 Å². The van der Waals surface area contributed by atoms with Crippen molar-refractivity contribution >= 4 is 23.0 Å². The van der Waals surface area contributed by atoms with E-state index in [2.05, 4.69) is 10.4 Å². The minimum absolute atomic E-state index is 0.0976. The molecule has 0 amide bonds. The normalized spacial score (nSPS) is 10.3. The van der Waals surface area contributed by atoms with Gasteiger partial charge in [0.2, 0.25) is 0 Å². The third kappa shape index (κ3) is 2.78. The molecule has 0 atom stereocenters. The smallest absolute Gasteiger partial charge is 0.310 e. The van der Waals surface area contributed by atoms with E-state index in [9.17, 15) is 10.1 Å². The van der Waals surface area contributed by atoms with Crippen LogP contribution in [0.15, 0.2) is 36.7 Å². The number of nitrogens with zero attached hydrogens (tertiary/aromatic N) is 3.